The molecule has 3 heteroatoms. The average Bonchev–Trinajstić information content (AvgIpc) is 2.26. The Morgan fingerprint density at radius 1 is 1.27 bits per heavy atom. The standard InChI is InChI=1S/C12H25N3/c1-4-10-15(6-3)11-9-14-12(5-2)7-8-13/h12,14H,4-7,9-11H2,1-3H3. The van der Waals surface area contributed by atoms with Crippen molar-refractivity contribution in [2.24, 2.45) is 0 Å². The van der Waals surface area contributed by atoms with E-state index < -0.39 is 0 Å². The minimum Gasteiger partial charge on any atom is -0.312 e. The van der Waals surface area contributed by atoms with Gasteiger partial charge in [0.05, 0.1) is 12.5 Å². The van der Waals surface area contributed by atoms with Crippen LogP contribution in [0.25, 0.3) is 0 Å². The fourth-order valence-corrected chi connectivity index (χ4v) is 1.64. The normalized spacial score (nSPS) is 12.7. The zero-order chi connectivity index (χ0) is 11.5. The summed E-state index contributed by atoms with van der Waals surface area (Å²) >= 11 is 0. The molecule has 0 aliphatic heterocycles. The number of nitrogens with one attached hydrogen (secondary N) is 1. The molecule has 0 bridgehead atoms. The van der Waals surface area contributed by atoms with E-state index in [1.807, 2.05) is 0 Å². The van der Waals surface area contributed by atoms with Crippen molar-refractivity contribution in [2.45, 2.75) is 46.1 Å². The SMILES string of the molecule is CCCN(CC)CCNC(CC)CC#N. The molecule has 0 spiro atoms. The van der Waals surface area contributed by atoms with Gasteiger partial charge in [0.2, 0.25) is 0 Å². The van der Waals surface area contributed by atoms with Crippen molar-refractivity contribution in [1.82, 2.24) is 10.2 Å². The van der Waals surface area contributed by atoms with Crippen LogP contribution in [-0.2, 0) is 0 Å². The molecule has 3 nitrogen and oxygen atoms in total. The van der Waals surface area contributed by atoms with Crippen LogP contribution in [0.1, 0.15) is 40.0 Å². The minimum atomic E-state index is 0.371. The van der Waals surface area contributed by atoms with E-state index in [0.29, 0.717) is 12.5 Å². The maximum absolute atomic E-state index is 8.61. The van der Waals surface area contributed by atoms with E-state index in [1.165, 1.54) is 13.0 Å². The van der Waals surface area contributed by atoms with Crippen LogP contribution >= 0.6 is 0 Å². The molecule has 0 saturated carbocycles. The number of hydrogen-bond acceptors (Lipinski definition) is 3. The quantitative estimate of drug-likeness (QED) is 0.634. The third kappa shape index (κ3) is 7.35. The molecule has 15 heavy (non-hydrogen) atoms. The van der Waals surface area contributed by atoms with Crippen molar-refractivity contribution in [3.63, 3.8) is 0 Å². The first-order valence-electron chi connectivity index (χ1n) is 6.11. The Morgan fingerprint density at radius 2 is 2.00 bits per heavy atom. The maximum atomic E-state index is 8.61. The van der Waals surface area contributed by atoms with Crippen LogP contribution in [-0.4, -0.2) is 37.1 Å². The summed E-state index contributed by atoms with van der Waals surface area (Å²) in [7, 11) is 0. The first-order valence-corrected chi connectivity index (χ1v) is 6.11. The lowest BCUT2D eigenvalue weighted by Gasteiger charge is -2.21. The third-order valence-electron chi connectivity index (χ3n) is 2.68. The lowest BCUT2D eigenvalue weighted by Crippen LogP contribution is -2.37. The van der Waals surface area contributed by atoms with Gasteiger partial charge in [-0.05, 0) is 25.9 Å². The number of likely N-dealkylation sites (N-methyl/N-ethyl adjacent to an activating group) is 1. The van der Waals surface area contributed by atoms with E-state index in [-0.39, 0.29) is 0 Å². The van der Waals surface area contributed by atoms with Crippen LogP contribution in [0.3, 0.4) is 0 Å². The molecule has 0 rings (SSSR count). The van der Waals surface area contributed by atoms with Crippen molar-refractivity contribution in [3.05, 3.63) is 0 Å². The molecule has 1 atom stereocenters. The van der Waals surface area contributed by atoms with Gasteiger partial charge in [-0.3, -0.25) is 0 Å². The highest BCUT2D eigenvalue weighted by molar-refractivity contribution is 4.79. The fraction of sp³-hybridized carbons (Fsp3) is 0.917. The summed E-state index contributed by atoms with van der Waals surface area (Å²) in [4.78, 5) is 2.44. The summed E-state index contributed by atoms with van der Waals surface area (Å²) in [5.41, 5.74) is 0. The van der Waals surface area contributed by atoms with Crippen LogP contribution in [0.2, 0.25) is 0 Å². The topological polar surface area (TPSA) is 39.1 Å². The van der Waals surface area contributed by atoms with E-state index in [0.717, 1.165) is 26.1 Å². The van der Waals surface area contributed by atoms with Gasteiger partial charge in [-0.25, -0.2) is 0 Å². The molecule has 1 N–H and O–H groups in total. The molecular weight excluding hydrogens is 186 g/mol. The summed E-state index contributed by atoms with van der Waals surface area (Å²) in [6.45, 7) is 10.9. The Bertz CT molecular complexity index is 174. The van der Waals surface area contributed by atoms with Gasteiger partial charge in [0, 0.05) is 19.1 Å². The third-order valence-corrected chi connectivity index (χ3v) is 2.68. The predicted molar refractivity (Wildman–Crippen MR) is 64.7 cm³/mol. The van der Waals surface area contributed by atoms with Crippen LogP contribution in [0.4, 0.5) is 0 Å². The summed E-state index contributed by atoms with van der Waals surface area (Å²) < 4.78 is 0. The molecule has 0 saturated heterocycles. The van der Waals surface area contributed by atoms with E-state index >= 15 is 0 Å². The Labute approximate surface area is 94.5 Å². The van der Waals surface area contributed by atoms with E-state index in [4.69, 9.17) is 5.26 Å². The zero-order valence-electron chi connectivity index (χ0n) is 10.4. The lowest BCUT2D eigenvalue weighted by molar-refractivity contribution is 0.282. The van der Waals surface area contributed by atoms with Gasteiger partial charge in [-0.2, -0.15) is 5.26 Å². The highest BCUT2D eigenvalue weighted by Gasteiger charge is 2.05. The van der Waals surface area contributed by atoms with Crippen molar-refractivity contribution in [3.8, 4) is 6.07 Å². The van der Waals surface area contributed by atoms with Crippen LogP contribution < -0.4 is 5.32 Å². The average molecular weight is 211 g/mol. The molecule has 0 aromatic rings. The van der Waals surface area contributed by atoms with Crippen LogP contribution in [0.15, 0.2) is 0 Å². The molecule has 0 aromatic heterocycles. The second-order valence-corrected chi connectivity index (χ2v) is 3.86. The van der Waals surface area contributed by atoms with E-state index in [9.17, 15) is 0 Å². The molecule has 1 unspecified atom stereocenters. The minimum absolute atomic E-state index is 0.371. The number of rotatable bonds is 9. The van der Waals surface area contributed by atoms with E-state index in [1.54, 1.807) is 0 Å². The molecule has 88 valence electrons. The molecule has 0 fully saturated rings. The molecule has 0 amide bonds. The Hall–Kier alpha value is -0.590. The lowest BCUT2D eigenvalue weighted by atomic mass is 10.2. The Morgan fingerprint density at radius 3 is 2.47 bits per heavy atom. The molecule has 0 aliphatic rings. The van der Waals surface area contributed by atoms with Gasteiger partial charge in [0.25, 0.3) is 0 Å². The largest absolute Gasteiger partial charge is 0.312 e. The number of nitrogens with zero attached hydrogens (tertiary/aromatic N) is 2. The number of nitriles is 1. The maximum Gasteiger partial charge on any atom is 0.0638 e. The first-order chi connectivity index (χ1) is 7.28. The molecule has 0 aliphatic carbocycles. The van der Waals surface area contributed by atoms with Gasteiger partial charge in [0.15, 0.2) is 0 Å². The van der Waals surface area contributed by atoms with Crippen LogP contribution in [0, 0.1) is 11.3 Å². The summed E-state index contributed by atoms with van der Waals surface area (Å²) in [5, 5.41) is 12.0. The van der Waals surface area contributed by atoms with Crippen molar-refractivity contribution in [2.75, 3.05) is 26.2 Å². The van der Waals surface area contributed by atoms with Gasteiger partial charge in [-0.1, -0.05) is 20.8 Å². The van der Waals surface area contributed by atoms with Crippen LogP contribution in [0.5, 0.6) is 0 Å². The first kappa shape index (κ1) is 14.4. The fourth-order valence-electron chi connectivity index (χ4n) is 1.64. The van der Waals surface area contributed by atoms with Gasteiger partial charge in [0.1, 0.15) is 0 Å². The molecule has 0 radical (unpaired) electrons. The summed E-state index contributed by atoms with van der Waals surface area (Å²) in [6, 6.07) is 2.59. The summed E-state index contributed by atoms with van der Waals surface area (Å²) in [6.07, 6.45) is 2.87. The van der Waals surface area contributed by atoms with E-state index in [2.05, 4.69) is 37.1 Å². The molecule has 0 aromatic carbocycles. The highest BCUT2D eigenvalue weighted by Crippen LogP contribution is 1.96. The second-order valence-electron chi connectivity index (χ2n) is 3.86. The number of hydrogen-bond donors (Lipinski definition) is 1. The van der Waals surface area contributed by atoms with Crippen molar-refractivity contribution < 1.29 is 0 Å². The van der Waals surface area contributed by atoms with Gasteiger partial charge < -0.3 is 10.2 Å². The predicted octanol–water partition coefficient (Wildman–Crippen LogP) is 2.00. The monoisotopic (exact) mass is 211 g/mol. The zero-order valence-corrected chi connectivity index (χ0v) is 10.4. The Balaban J connectivity index is 3.61. The summed E-state index contributed by atoms with van der Waals surface area (Å²) in [5.74, 6) is 0. The Kier molecular flexibility index (Phi) is 9.55. The van der Waals surface area contributed by atoms with Crippen molar-refractivity contribution >= 4 is 0 Å². The molecule has 0 heterocycles. The molecular formula is C12H25N3. The van der Waals surface area contributed by atoms with Crippen molar-refractivity contribution in [1.29, 1.82) is 5.26 Å². The smallest absolute Gasteiger partial charge is 0.0638 e. The second kappa shape index (κ2) is 9.95. The van der Waals surface area contributed by atoms with Gasteiger partial charge >= 0.3 is 0 Å². The highest BCUT2D eigenvalue weighted by atomic mass is 15.1. The van der Waals surface area contributed by atoms with Gasteiger partial charge in [-0.15, -0.1) is 0 Å².